The van der Waals surface area contributed by atoms with E-state index >= 15 is 0 Å². The lowest BCUT2D eigenvalue weighted by Gasteiger charge is -2.03. The van der Waals surface area contributed by atoms with Gasteiger partial charge in [-0.05, 0) is 32.0 Å². The number of thiazole rings is 2. The van der Waals surface area contributed by atoms with Gasteiger partial charge in [0.1, 0.15) is 5.01 Å². The van der Waals surface area contributed by atoms with E-state index in [1.807, 2.05) is 13.8 Å². The molecular weight excluding hydrogens is 262 g/mol. The Morgan fingerprint density at radius 1 is 1.22 bits per heavy atom. The number of hydrogen-bond acceptors (Lipinski definition) is 5. The molecule has 3 aromatic rings. The van der Waals surface area contributed by atoms with Gasteiger partial charge < -0.3 is 5.32 Å². The van der Waals surface area contributed by atoms with E-state index in [4.69, 9.17) is 0 Å². The van der Waals surface area contributed by atoms with Gasteiger partial charge in [-0.3, -0.25) is 0 Å². The average molecular weight is 275 g/mol. The van der Waals surface area contributed by atoms with Crippen LogP contribution >= 0.6 is 22.7 Å². The molecule has 18 heavy (non-hydrogen) atoms. The minimum absolute atomic E-state index is 0.780. The highest BCUT2D eigenvalue weighted by molar-refractivity contribution is 7.18. The molecule has 3 nitrogen and oxygen atoms in total. The zero-order valence-electron chi connectivity index (χ0n) is 10.2. The lowest BCUT2D eigenvalue weighted by atomic mass is 10.3. The normalized spacial score (nSPS) is 11.0. The van der Waals surface area contributed by atoms with Crippen LogP contribution in [0.5, 0.6) is 0 Å². The second-order valence-corrected chi connectivity index (χ2v) is 6.33. The Kier molecular flexibility index (Phi) is 3.01. The van der Waals surface area contributed by atoms with E-state index in [0.29, 0.717) is 0 Å². The van der Waals surface area contributed by atoms with Gasteiger partial charge >= 0.3 is 0 Å². The molecule has 5 heteroatoms. The molecule has 0 atom stereocenters. The Balaban J connectivity index is 1.78. The van der Waals surface area contributed by atoms with Crippen LogP contribution < -0.4 is 5.32 Å². The molecule has 1 aromatic carbocycles. The standard InChI is InChI=1S/C13H13N3S2/c1-8-7-17-13(15-8)6-14-10-3-4-11-12(5-10)18-9(2)16-11/h3-5,7,14H,6H2,1-2H3. The Morgan fingerprint density at radius 2 is 2.11 bits per heavy atom. The van der Waals surface area contributed by atoms with Crippen LogP contribution in [0.3, 0.4) is 0 Å². The molecule has 1 N–H and O–H groups in total. The van der Waals surface area contributed by atoms with Gasteiger partial charge in [-0.1, -0.05) is 0 Å². The first kappa shape index (κ1) is 11.6. The van der Waals surface area contributed by atoms with Gasteiger partial charge in [0.05, 0.1) is 21.8 Å². The number of nitrogens with zero attached hydrogens (tertiary/aromatic N) is 2. The zero-order chi connectivity index (χ0) is 12.5. The number of benzene rings is 1. The molecule has 0 aliphatic carbocycles. The Labute approximate surface area is 114 Å². The van der Waals surface area contributed by atoms with Crippen LogP contribution in [0.4, 0.5) is 5.69 Å². The number of anilines is 1. The van der Waals surface area contributed by atoms with Crippen molar-refractivity contribution in [2.45, 2.75) is 20.4 Å². The van der Waals surface area contributed by atoms with E-state index in [-0.39, 0.29) is 0 Å². The summed E-state index contributed by atoms with van der Waals surface area (Å²) < 4.78 is 1.23. The fourth-order valence-electron chi connectivity index (χ4n) is 1.81. The summed E-state index contributed by atoms with van der Waals surface area (Å²) in [5, 5.41) is 7.71. The molecule has 0 amide bonds. The summed E-state index contributed by atoms with van der Waals surface area (Å²) in [6.07, 6.45) is 0. The number of rotatable bonds is 3. The lowest BCUT2D eigenvalue weighted by molar-refractivity contribution is 1.08. The van der Waals surface area contributed by atoms with Crippen LogP contribution in [0.25, 0.3) is 10.2 Å². The van der Waals surface area contributed by atoms with E-state index in [0.717, 1.165) is 33.5 Å². The van der Waals surface area contributed by atoms with Gasteiger partial charge in [0.2, 0.25) is 0 Å². The summed E-state index contributed by atoms with van der Waals surface area (Å²) >= 11 is 3.42. The molecular formula is C13H13N3S2. The van der Waals surface area contributed by atoms with Crippen molar-refractivity contribution >= 4 is 38.6 Å². The van der Waals surface area contributed by atoms with Crippen molar-refractivity contribution in [3.05, 3.63) is 39.3 Å². The predicted molar refractivity (Wildman–Crippen MR) is 78.5 cm³/mol. The maximum Gasteiger partial charge on any atom is 0.112 e. The molecule has 3 rings (SSSR count). The fraction of sp³-hybridized carbons (Fsp3) is 0.231. The summed E-state index contributed by atoms with van der Waals surface area (Å²) in [6.45, 7) is 4.84. The molecule has 0 aliphatic heterocycles. The van der Waals surface area contributed by atoms with Crippen molar-refractivity contribution in [3.63, 3.8) is 0 Å². The summed E-state index contributed by atoms with van der Waals surface area (Å²) in [5.41, 5.74) is 3.29. The zero-order valence-corrected chi connectivity index (χ0v) is 11.9. The molecule has 0 radical (unpaired) electrons. The van der Waals surface area contributed by atoms with Crippen LogP contribution in [0.1, 0.15) is 15.7 Å². The molecule has 2 aromatic heterocycles. The fourth-order valence-corrected chi connectivity index (χ4v) is 3.39. The van der Waals surface area contributed by atoms with Crippen molar-refractivity contribution in [1.82, 2.24) is 9.97 Å². The summed E-state index contributed by atoms with van der Waals surface area (Å²) in [5.74, 6) is 0. The van der Waals surface area contributed by atoms with Crippen LogP contribution in [0.2, 0.25) is 0 Å². The highest BCUT2D eigenvalue weighted by Gasteiger charge is 2.02. The van der Waals surface area contributed by atoms with Crippen LogP contribution in [0, 0.1) is 13.8 Å². The number of hydrogen-bond donors (Lipinski definition) is 1. The molecule has 92 valence electrons. The van der Waals surface area contributed by atoms with Crippen molar-refractivity contribution in [3.8, 4) is 0 Å². The molecule has 0 fully saturated rings. The number of aromatic nitrogens is 2. The topological polar surface area (TPSA) is 37.8 Å². The summed E-state index contributed by atoms with van der Waals surface area (Å²) in [7, 11) is 0. The third-order valence-corrected chi connectivity index (χ3v) is 4.51. The van der Waals surface area contributed by atoms with Gasteiger partial charge in [0.15, 0.2) is 0 Å². The summed E-state index contributed by atoms with van der Waals surface area (Å²) in [4.78, 5) is 8.89. The Morgan fingerprint density at radius 3 is 2.89 bits per heavy atom. The van der Waals surface area contributed by atoms with E-state index in [1.54, 1.807) is 22.7 Å². The lowest BCUT2D eigenvalue weighted by Crippen LogP contribution is -1.98. The van der Waals surface area contributed by atoms with Crippen LogP contribution in [-0.2, 0) is 6.54 Å². The first-order valence-electron chi connectivity index (χ1n) is 5.73. The molecule has 0 spiro atoms. The van der Waals surface area contributed by atoms with Gasteiger partial charge in [-0.25, -0.2) is 9.97 Å². The van der Waals surface area contributed by atoms with Crippen molar-refractivity contribution < 1.29 is 0 Å². The SMILES string of the molecule is Cc1csc(CNc2ccc3nc(C)sc3c2)n1. The smallest absolute Gasteiger partial charge is 0.112 e. The Bertz CT molecular complexity index is 684. The quantitative estimate of drug-likeness (QED) is 0.785. The van der Waals surface area contributed by atoms with Crippen molar-refractivity contribution in [2.24, 2.45) is 0 Å². The number of fused-ring (bicyclic) bond motifs is 1. The van der Waals surface area contributed by atoms with E-state index < -0.39 is 0 Å². The third-order valence-electron chi connectivity index (χ3n) is 2.61. The number of nitrogens with one attached hydrogen (secondary N) is 1. The largest absolute Gasteiger partial charge is 0.378 e. The highest BCUT2D eigenvalue weighted by atomic mass is 32.1. The minimum atomic E-state index is 0.780. The second kappa shape index (κ2) is 4.66. The molecule has 0 bridgehead atoms. The monoisotopic (exact) mass is 275 g/mol. The molecule has 0 saturated heterocycles. The molecule has 0 unspecified atom stereocenters. The minimum Gasteiger partial charge on any atom is -0.378 e. The first-order valence-corrected chi connectivity index (χ1v) is 7.42. The maximum atomic E-state index is 4.46. The van der Waals surface area contributed by atoms with E-state index in [2.05, 4.69) is 38.9 Å². The van der Waals surface area contributed by atoms with Crippen LogP contribution in [0.15, 0.2) is 23.6 Å². The van der Waals surface area contributed by atoms with E-state index in [9.17, 15) is 0 Å². The van der Waals surface area contributed by atoms with Gasteiger partial charge in [-0.2, -0.15) is 0 Å². The molecule has 0 saturated carbocycles. The second-order valence-electron chi connectivity index (χ2n) is 4.15. The average Bonchev–Trinajstić information content (AvgIpc) is 2.90. The third kappa shape index (κ3) is 2.37. The Hall–Kier alpha value is -1.46. The van der Waals surface area contributed by atoms with Gasteiger partial charge in [0, 0.05) is 16.8 Å². The maximum absolute atomic E-state index is 4.46. The number of aryl methyl sites for hydroxylation is 2. The first-order chi connectivity index (χ1) is 8.70. The van der Waals surface area contributed by atoms with Crippen molar-refractivity contribution in [1.29, 1.82) is 0 Å². The van der Waals surface area contributed by atoms with E-state index in [1.165, 1.54) is 4.70 Å². The predicted octanol–water partition coefficient (Wildman–Crippen LogP) is 3.98. The van der Waals surface area contributed by atoms with Crippen molar-refractivity contribution in [2.75, 3.05) is 5.32 Å². The van der Waals surface area contributed by atoms with Gasteiger partial charge in [-0.15, -0.1) is 22.7 Å². The molecule has 2 heterocycles. The summed E-state index contributed by atoms with van der Waals surface area (Å²) in [6, 6.07) is 6.29. The molecule has 0 aliphatic rings. The van der Waals surface area contributed by atoms with Crippen LogP contribution in [-0.4, -0.2) is 9.97 Å². The highest BCUT2D eigenvalue weighted by Crippen LogP contribution is 2.25. The van der Waals surface area contributed by atoms with Gasteiger partial charge in [0.25, 0.3) is 0 Å².